The van der Waals surface area contributed by atoms with Crippen LogP contribution in [-0.2, 0) is 6.42 Å². The highest BCUT2D eigenvalue weighted by molar-refractivity contribution is 5.49. The Labute approximate surface area is 115 Å². The third-order valence-corrected chi connectivity index (χ3v) is 4.08. The third-order valence-electron chi connectivity index (χ3n) is 4.08. The Hall–Kier alpha value is -1.22. The summed E-state index contributed by atoms with van der Waals surface area (Å²) in [5, 5.41) is 3.43. The van der Waals surface area contributed by atoms with E-state index in [9.17, 15) is 0 Å². The van der Waals surface area contributed by atoms with E-state index in [1.54, 1.807) is 0 Å². The number of aryl methyl sites for hydroxylation is 1. The van der Waals surface area contributed by atoms with Crippen molar-refractivity contribution in [1.82, 2.24) is 5.32 Å². The largest absolute Gasteiger partial charge is 0.490 e. The number of piperidine rings is 1. The molecule has 0 bridgehead atoms. The van der Waals surface area contributed by atoms with Crippen molar-refractivity contribution in [3.63, 3.8) is 0 Å². The zero-order valence-corrected chi connectivity index (χ0v) is 11.7. The average molecular weight is 261 g/mol. The van der Waals surface area contributed by atoms with Gasteiger partial charge in [0, 0.05) is 6.42 Å². The van der Waals surface area contributed by atoms with E-state index in [1.807, 2.05) is 0 Å². The van der Waals surface area contributed by atoms with Gasteiger partial charge in [-0.3, -0.25) is 0 Å². The lowest BCUT2D eigenvalue weighted by Gasteiger charge is -2.23. The molecule has 0 aromatic heterocycles. The van der Waals surface area contributed by atoms with Gasteiger partial charge in [-0.25, -0.2) is 0 Å². The predicted octanol–water partition coefficient (Wildman–Crippen LogP) is 2.70. The van der Waals surface area contributed by atoms with Crippen molar-refractivity contribution in [3.8, 4) is 11.5 Å². The Bertz CT molecular complexity index is 439. The first-order chi connectivity index (χ1) is 9.33. The molecular weight excluding hydrogens is 238 g/mol. The van der Waals surface area contributed by atoms with Crippen molar-refractivity contribution in [2.24, 2.45) is 5.92 Å². The molecule has 0 spiro atoms. The van der Waals surface area contributed by atoms with Gasteiger partial charge in [0.15, 0.2) is 11.5 Å². The van der Waals surface area contributed by atoms with Crippen LogP contribution in [0.2, 0.25) is 0 Å². The quantitative estimate of drug-likeness (QED) is 0.888. The monoisotopic (exact) mass is 261 g/mol. The second kappa shape index (κ2) is 5.83. The molecule has 1 saturated heterocycles. The van der Waals surface area contributed by atoms with Gasteiger partial charge >= 0.3 is 0 Å². The summed E-state index contributed by atoms with van der Waals surface area (Å²) in [5.74, 6) is 2.71. The van der Waals surface area contributed by atoms with E-state index in [1.165, 1.54) is 30.4 Å². The van der Waals surface area contributed by atoms with E-state index >= 15 is 0 Å². The molecule has 2 aliphatic rings. The summed E-state index contributed by atoms with van der Waals surface area (Å²) >= 11 is 0. The molecule has 0 radical (unpaired) electrons. The molecule has 0 amide bonds. The van der Waals surface area contributed by atoms with Crippen LogP contribution >= 0.6 is 0 Å². The number of hydrogen-bond acceptors (Lipinski definition) is 3. The highest BCUT2D eigenvalue weighted by Crippen LogP contribution is 2.35. The molecule has 0 aliphatic carbocycles. The Kier molecular flexibility index (Phi) is 3.92. The zero-order chi connectivity index (χ0) is 13.1. The van der Waals surface area contributed by atoms with Crippen LogP contribution in [0.25, 0.3) is 0 Å². The van der Waals surface area contributed by atoms with Crippen LogP contribution in [-0.4, -0.2) is 26.3 Å². The maximum atomic E-state index is 5.82. The molecule has 0 saturated carbocycles. The fourth-order valence-electron chi connectivity index (χ4n) is 3.06. The molecular formula is C16H23NO2. The van der Waals surface area contributed by atoms with Crippen molar-refractivity contribution < 1.29 is 9.47 Å². The molecule has 1 aromatic carbocycles. The maximum Gasteiger partial charge on any atom is 0.164 e. The maximum absolute atomic E-state index is 5.82. The fourth-order valence-corrected chi connectivity index (χ4v) is 3.06. The SMILES string of the molecule is Cc1cc(CC2CCNCC2)cc2c1OCCCO2. The van der Waals surface area contributed by atoms with Crippen molar-refractivity contribution in [1.29, 1.82) is 0 Å². The number of rotatable bonds is 2. The lowest BCUT2D eigenvalue weighted by Crippen LogP contribution is -2.28. The van der Waals surface area contributed by atoms with Crippen molar-refractivity contribution in [2.45, 2.75) is 32.6 Å². The number of ether oxygens (including phenoxy) is 2. The Morgan fingerprint density at radius 3 is 2.79 bits per heavy atom. The fraction of sp³-hybridized carbons (Fsp3) is 0.625. The molecule has 1 fully saturated rings. The van der Waals surface area contributed by atoms with Crippen LogP contribution in [0.15, 0.2) is 12.1 Å². The minimum Gasteiger partial charge on any atom is -0.490 e. The van der Waals surface area contributed by atoms with Crippen LogP contribution in [0.1, 0.15) is 30.4 Å². The first-order valence-electron chi connectivity index (χ1n) is 7.43. The first-order valence-corrected chi connectivity index (χ1v) is 7.43. The van der Waals surface area contributed by atoms with Gasteiger partial charge in [0.05, 0.1) is 13.2 Å². The van der Waals surface area contributed by atoms with E-state index in [2.05, 4.69) is 24.4 Å². The molecule has 2 heterocycles. The summed E-state index contributed by atoms with van der Waals surface area (Å²) < 4.78 is 11.6. The summed E-state index contributed by atoms with van der Waals surface area (Å²) in [6, 6.07) is 4.46. The molecule has 3 heteroatoms. The van der Waals surface area contributed by atoms with Gasteiger partial charge in [-0.05, 0) is 62.4 Å². The molecule has 104 valence electrons. The molecule has 19 heavy (non-hydrogen) atoms. The topological polar surface area (TPSA) is 30.5 Å². The van der Waals surface area contributed by atoms with Crippen LogP contribution in [0.5, 0.6) is 11.5 Å². The number of hydrogen-bond donors (Lipinski definition) is 1. The van der Waals surface area contributed by atoms with Crippen LogP contribution in [0.3, 0.4) is 0 Å². The predicted molar refractivity (Wildman–Crippen MR) is 76.1 cm³/mol. The molecule has 0 atom stereocenters. The van der Waals surface area contributed by atoms with E-state index in [0.29, 0.717) is 0 Å². The number of fused-ring (bicyclic) bond motifs is 1. The van der Waals surface area contributed by atoms with E-state index in [4.69, 9.17) is 9.47 Å². The first kappa shape index (κ1) is 12.8. The summed E-state index contributed by atoms with van der Waals surface area (Å²) in [6.45, 7) is 5.98. The second-order valence-electron chi connectivity index (χ2n) is 5.69. The van der Waals surface area contributed by atoms with E-state index < -0.39 is 0 Å². The Morgan fingerprint density at radius 2 is 1.95 bits per heavy atom. The lowest BCUT2D eigenvalue weighted by molar-refractivity contribution is 0.296. The lowest BCUT2D eigenvalue weighted by atomic mass is 9.90. The van der Waals surface area contributed by atoms with Crippen molar-refractivity contribution in [2.75, 3.05) is 26.3 Å². The molecule has 0 unspecified atom stereocenters. The van der Waals surface area contributed by atoms with Gasteiger partial charge < -0.3 is 14.8 Å². The number of benzene rings is 1. The molecule has 3 nitrogen and oxygen atoms in total. The van der Waals surface area contributed by atoms with Crippen LogP contribution in [0.4, 0.5) is 0 Å². The van der Waals surface area contributed by atoms with Gasteiger partial charge in [0.25, 0.3) is 0 Å². The smallest absolute Gasteiger partial charge is 0.164 e. The normalized spacial score (nSPS) is 20.1. The summed E-state index contributed by atoms with van der Waals surface area (Å²) in [5.41, 5.74) is 2.61. The van der Waals surface area contributed by atoms with E-state index in [0.717, 1.165) is 50.1 Å². The van der Waals surface area contributed by atoms with Crippen molar-refractivity contribution in [3.05, 3.63) is 23.3 Å². The van der Waals surface area contributed by atoms with Gasteiger partial charge in [0.1, 0.15) is 0 Å². The highest BCUT2D eigenvalue weighted by Gasteiger charge is 2.17. The van der Waals surface area contributed by atoms with Crippen LogP contribution in [0, 0.1) is 12.8 Å². The molecule has 2 aliphatic heterocycles. The minimum atomic E-state index is 0.765. The molecule has 1 N–H and O–H groups in total. The molecule has 1 aromatic rings. The van der Waals surface area contributed by atoms with Gasteiger partial charge in [-0.2, -0.15) is 0 Å². The minimum absolute atomic E-state index is 0.765. The van der Waals surface area contributed by atoms with Gasteiger partial charge in [-0.15, -0.1) is 0 Å². The highest BCUT2D eigenvalue weighted by atomic mass is 16.5. The van der Waals surface area contributed by atoms with Crippen molar-refractivity contribution >= 4 is 0 Å². The standard InChI is InChI=1S/C16H23NO2/c1-12-9-14(10-13-3-5-17-6-4-13)11-15-16(12)19-8-2-7-18-15/h9,11,13,17H,2-8,10H2,1H3. The summed E-state index contributed by atoms with van der Waals surface area (Å²) in [7, 11) is 0. The Balaban J connectivity index is 1.78. The molecule has 3 rings (SSSR count). The van der Waals surface area contributed by atoms with E-state index in [-0.39, 0.29) is 0 Å². The summed E-state index contributed by atoms with van der Waals surface area (Å²) in [4.78, 5) is 0. The summed E-state index contributed by atoms with van der Waals surface area (Å²) in [6.07, 6.45) is 4.71. The Morgan fingerprint density at radius 1 is 1.16 bits per heavy atom. The third kappa shape index (κ3) is 3.03. The number of nitrogens with one attached hydrogen (secondary N) is 1. The van der Waals surface area contributed by atoms with Gasteiger partial charge in [0.2, 0.25) is 0 Å². The van der Waals surface area contributed by atoms with Gasteiger partial charge in [-0.1, -0.05) is 6.07 Å². The van der Waals surface area contributed by atoms with Crippen LogP contribution < -0.4 is 14.8 Å². The second-order valence-corrected chi connectivity index (χ2v) is 5.69. The average Bonchev–Trinajstić information content (AvgIpc) is 2.65. The zero-order valence-electron chi connectivity index (χ0n) is 11.7.